The molecule has 0 unspecified atom stereocenters. The number of rotatable bonds is 6. The van der Waals surface area contributed by atoms with Crippen LogP contribution in [0, 0.1) is 4.77 Å². The number of nitrogens with zero attached hydrogens (tertiary/aromatic N) is 3. The normalized spacial score (nSPS) is 19.6. The summed E-state index contributed by atoms with van der Waals surface area (Å²) in [5, 5.41) is 9.48. The van der Waals surface area contributed by atoms with Crippen molar-refractivity contribution in [3.8, 4) is 0 Å². The third-order valence-electron chi connectivity index (χ3n) is 5.88. The molecule has 140 valence electrons. The van der Waals surface area contributed by atoms with Gasteiger partial charge in [-0.1, -0.05) is 43.0 Å². The molecule has 6 heteroatoms. The Hall–Kier alpha value is -1.17. The van der Waals surface area contributed by atoms with Crippen molar-refractivity contribution in [3.63, 3.8) is 0 Å². The number of hydrogen-bond donors (Lipinski definition) is 1. The minimum absolute atomic E-state index is 0.00660. The van der Waals surface area contributed by atoms with Gasteiger partial charge in [-0.3, -0.25) is 5.32 Å². The molecule has 2 aliphatic carbocycles. The van der Waals surface area contributed by atoms with Crippen LogP contribution in [0.5, 0.6) is 0 Å². The molecule has 0 bridgehead atoms. The Morgan fingerprint density at radius 2 is 1.88 bits per heavy atom. The van der Waals surface area contributed by atoms with Crippen molar-refractivity contribution in [2.24, 2.45) is 0 Å². The molecule has 0 saturated heterocycles. The molecular formula is C20H27ClN4S. The highest BCUT2D eigenvalue weighted by Crippen LogP contribution is 2.40. The smallest absolute Gasteiger partial charge is 0.199 e. The second-order valence-corrected chi connectivity index (χ2v) is 8.44. The molecule has 0 aliphatic heterocycles. The molecule has 0 radical (unpaired) electrons. The van der Waals surface area contributed by atoms with Crippen LogP contribution >= 0.6 is 23.8 Å². The van der Waals surface area contributed by atoms with Crippen molar-refractivity contribution in [1.82, 2.24) is 19.7 Å². The Kier molecular flexibility index (Phi) is 5.22. The molecule has 0 atom stereocenters. The highest BCUT2D eigenvalue weighted by molar-refractivity contribution is 7.71. The van der Waals surface area contributed by atoms with Crippen LogP contribution < -0.4 is 5.32 Å². The van der Waals surface area contributed by atoms with Gasteiger partial charge in [0, 0.05) is 23.0 Å². The first-order chi connectivity index (χ1) is 12.6. The van der Waals surface area contributed by atoms with Crippen LogP contribution in [0.1, 0.15) is 69.2 Å². The first kappa shape index (κ1) is 18.2. The summed E-state index contributed by atoms with van der Waals surface area (Å²) in [5.74, 6) is 1.78. The molecule has 0 spiro atoms. The van der Waals surface area contributed by atoms with E-state index in [4.69, 9.17) is 28.9 Å². The zero-order valence-corrected chi connectivity index (χ0v) is 17.0. The summed E-state index contributed by atoms with van der Waals surface area (Å²) in [6.45, 7) is 3.71. The molecule has 26 heavy (non-hydrogen) atoms. The summed E-state index contributed by atoms with van der Waals surface area (Å²) in [7, 11) is 0. The van der Waals surface area contributed by atoms with Gasteiger partial charge >= 0.3 is 0 Å². The van der Waals surface area contributed by atoms with E-state index in [0.29, 0.717) is 12.6 Å². The Bertz CT molecular complexity index is 813. The Balaban J connectivity index is 1.59. The van der Waals surface area contributed by atoms with Crippen LogP contribution in [-0.2, 0) is 18.8 Å². The monoisotopic (exact) mass is 390 g/mol. The van der Waals surface area contributed by atoms with Gasteiger partial charge in [-0.05, 0) is 62.5 Å². The minimum atomic E-state index is -0.00660. The van der Waals surface area contributed by atoms with Crippen molar-refractivity contribution >= 4 is 23.8 Å². The van der Waals surface area contributed by atoms with Crippen molar-refractivity contribution in [1.29, 1.82) is 0 Å². The maximum atomic E-state index is 6.11. The topological polar surface area (TPSA) is 34.8 Å². The van der Waals surface area contributed by atoms with E-state index < -0.39 is 0 Å². The number of aromatic nitrogens is 3. The maximum Gasteiger partial charge on any atom is 0.199 e. The summed E-state index contributed by atoms with van der Waals surface area (Å²) in [4.78, 5) is 0. The van der Waals surface area contributed by atoms with Crippen molar-refractivity contribution in [3.05, 3.63) is 45.4 Å². The molecule has 2 aromatic rings. The molecule has 2 aliphatic rings. The summed E-state index contributed by atoms with van der Waals surface area (Å²) in [6.07, 6.45) is 8.59. The van der Waals surface area contributed by atoms with Crippen molar-refractivity contribution < 1.29 is 0 Å². The molecule has 2 fully saturated rings. The minimum Gasteiger partial charge on any atom is -0.304 e. The predicted molar refractivity (Wildman–Crippen MR) is 108 cm³/mol. The highest BCUT2D eigenvalue weighted by atomic mass is 35.5. The van der Waals surface area contributed by atoms with Crippen LogP contribution in [-0.4, -0.2) is 14.3 Å². The molecule has 1 heterocycles. The van der Waals surface area contributed by atoms with Crippen LogP contribution in [0.2, 0.25) is 5.02 Å². The van der Waals surface area contributed by atoms with Crippen LogP contribution in [0.15, 0.2) is 24.3 Å². The first-order valence-electron chi connectivity index (χ1n) is 9.81. The molecular weight excluding hydrogens is 364 g/mol. The largest absolute Gasteiger partial charge is 0.304 e. The van der Waals surface area contributed by atoms with Crippen molar-refractivity contribution in [2.75, 3.05) is 0 Å². The first-order valence-corrected chi connectivity index (χ1v) is 10.6. The second kappa shape index (κ2) is 7.45. The third-order valence-corrected chi connectivity index (χ3v) is 6.56. The van der Waals surface area contributed by atoms with E-state index >= 15 is 0 Å². The second-order valence-electron chi connectivity index (χ2n) is 7.64. The van der Waals surface area contributed by atoms with Crippen LogP contribution in [0.4, 0.5) is 0 Å². The molecule has 4 rings (SSSR count). The Labute approximate surface area is 165 Å². The van der Waals surface area contributed by atoms with Gasteiger partial charge in [0.2, 0.25) is 0 Å². The fourth-order valence-electron chi connectivity index (χ4n) is 4.22. The van der Waals surface area contributed by atoms with Gasteiger partial charge in [0.15, 0.2) is 4.77 Å². The van der Waals surface area contributed by atoms with E-state index in [-0.39, 0.29) is 5.54 Å². The number of halogens is 1. The maximum absolute atomic E-state index is 6.11. The number of benzene rings is 1. The predicted octanol–water partition coefficient (Wildman–Crippen LogP) is 5.37. The van der Waals surface area contributed by atoms with Gasteiger partial charge in [-0.2, -0.15) is 5.10 Å². The Morgan fingerprint density at radius 1 is 1.19 bits per heavy atom. The third kappa shape index (κ3) is 3.49. The number of hydrogen-bond acceptors (Lipinski definition) is 3. The Morgan fingerprint density at radius 3 is 2.50 bits per heavy atom. The van der Waals surface area contributed by atoms with Gasteiger partial charge in [0.1, 0.15) is 5.82 Å². The van der Waals surface area contributed by atoms with Gasteiger partial charge in [0.05, 0.1) is 6.67 Å². The summed E-state index contributed by atoms with van der Waals surface area (Å²) in [5.41, 5.74) is 1.32. The zero-order valence-electron chi connectivity index (χ0n) is 15.4. The lowest BCUT2D eigenvalue weighted by atomic mass is 9.76. The quantitative estimate of drug-likeness (QED) is 0.673. The van der Waals surface area contributed by atoms with Crippen LogP contribution in [0.3, 0.4) is 0 Å². The van der Waals surface area contributed by atoms with E-state index in [1.807, 2.05) is 16.8 Å². The lowest BCUT2D eigenvalue weighted by Crippen LogP contribution is -2.45. The van der Waals surface area contributed by atoms with Gasteiger partial charge < -0.3 is 4.57 Å². The van der Waals surface area contributed by atoms with E-state index in [2.05, 4.69) is 28.9 Å². The van der Waals surface area contributed by atoms with Gasteiger partial charge in [0.25, 0.3) is 0 Å². The standard InChI is InChI=1S/C20H27ClN4S/c1-2-24-18(15-6-7-15)23-25(19(24)26)14-22-20(12-4-3-5-13-20)16-8-10-17(21)11-9-16/h8-11,15,22H,2-7,12-14H2,1H3. The average Bonchev–Trinajstić information content (AvgIpc) is 3.45. The fraction of sp³-hybridized carbons (Fsp3) is 0.600. The van der Waals surface area contributed by atoms with E-state index in [0.717, 1.165) is 29.2 Å². The van der Waals surface area contributed by atoms with Gasteiger partial charge in [-0.25, -0.2) is 4.68 Å². The summed E-state index contributed by atoms with van der Waals surface area (Å²) in [6, 6.07) is 8.33. The average molecular weight is 391 g/mol. The highest BCUT2D eigenvalue weighted by Gasteiger charge is 2.34. The zero-order chi connectivity index (χ0) is 18.1. The van der Waals surface area contributed by atoms with Crippen LogP contribution in [0.25, 0.3) is 0 Å². The molecule has 0 amide bonds. The lowest BCUT2D eigenvalue weighted by Gasteiger charge is -2.39. The van der Waals surface area contributed by atoms with E-state index in [1.54, 1.807) is 0 Å². The molecule has 1 aromatic heterocycles. The van der Waals surface area contributed by atoms with E-state index in [9.17, 15) is 0 Å². The number of nitrogens with one attached hydrogen (secondary N) is 1. The van der Waals surface area contributed by atoms with Gasteiger partial charge in [-0.15, -0.1) is 0 Å². The summed E-state index contributed by atoms with van der Waals surface area (Å²) >= 11 is 11.8. The fourth-order valence-corrected chi connectivity index (χ4v) is 4.67. The van der Waals surface area contributed by atoms with Crippen molar-refractivity contribution in [2.45, 2.75) is 76.5 Å². The van der Waals surface area contributed by atoms with E-state index in [1.165, 1.54) is 43.5 Å². The molecule has 1 N–H and O–H groups in total. The lowest BCUT2D eigenvalue weighted by molar-refractivity contribution is 0.210. The SMILES string of the molecule is CCn1c(C2CC2)nn(CNC2(c3ccc(Cl)cc3)CCCCC2)c1=S. The molecule has 4 nitrogen and oxygen atoms in total. The summed E-state index contributed by atoms with van der Waals surface area (Å²) < 4.78 is 5.02. The molecule has 2 saturated carbocycles. The molecule has 1 aromatic carbocycles.